The Bertz CT molecular complexity index is 1620. The molecule has 36 heavy (non-hydrogen) atoms. The Kier molecular flexibility index (Phi) is 5.59. The maximum atomic E-state index is 13.1. The highest BCUT2D eigenvalue weighted by molar-refractivity contribution is 9.10. The van der Waals surface area contributed by atoms with E-state index in [2.05, 4.69) is 15.9 Å². The summed E-state index contributed by atoms with van der Waals surface area (Å²) in [6.07, 6.45) is 1.59. The van der Waals surface area contributed by atoms with E-state index in [-0.39, 0.29) is 29.8 Å². The minimum absolute atomic E-state index is 0.0651. The van der Waals surface area contributed by atoms with Crippen molar-refractivity contribution in [3.8, 4) is 17.2 Å². The van der Waals surface area contributed by atoms with E-state index in [9.17, 15) is 9.59 Å². The molecule has 7 nitrogen and oxygen atoms in total. The average molecular weight is 568 g/mol. The molecule has 0 bridgehead atoms. The Morgan fingerprint density at radius 3 is 2.83 bits per heavy atom. The summed E-state index contributed by atoms with van der Waals surface area (Å²) in [6, 6.07) is 13.6. The van der Waals surface area contributed by atoms with Crippen molar-refractivity contribution in [1.82, 2.24) is 0 Å². The van der Waals surface area contributed by atoms with Crippen molar-refractivity contribution in [2.75, 3.05) is 6.79 Å². The van der Waals surface area contributed by atoms with Crippen LogP contribution in [0.25, 0.3) is 17.0 Å². The van der Waals surface area contributed by atoms with E-state index in [0.717, 1.165) is 15.4 Å². The molecular formula is C27H16BrClO7. The Balaban J connectivity index is 1.29. The molecule has 0 aliphatic carbocycles. The molecule has 0 fully saturated rings. The van der Waals surface area contributed by atoms with Crippen molar-refractivity contribution in [2.45, 2.75) is 13.5 Å². The minimum atomic E-state index is -0.657. The number of halogens is 2. The van der Waals surface area contributed by atoms with E-state index in [4.69, 9.17) is 35.0 Å². The molecule has 0 unspecified atom stereocenters. The van der Waals surface area contributed by atoms with Crippen LogP contribution in [0.2, 0.25) is 5.02 Å². The van der Waals surface area contributed by atoms with Crippen LogP contribution < -0.4 is 14.2 Å². The highest BCUT2D eigenvalue weighted by Crippen LogP contribution is 2.41. The lowest BCUT2D eigenvalue weighted by molar-refractivity contribution is -0.0165. The fourth-order valence-electron chi connectivity index (χ4n) is 4.20. The number of Topliss-reactive ketones (excluding diaryl/α,β-unsaturated/α-hetero) is 1. The first-order valence-electron chi connectivity index (χ1n) is 10.9. The van der Waals surface area contributed by atoms with E-state index in [1.807, 2.05) is 12.1 Å². The molecule has 4 aromatic rings. The van der Waals surface area contributed by atoms with Gasteiger partial charge in [-0.1, -0.05) is 27.5 Å². The van der Waals surface area contributed by atoms with Crippen LogP contribution in [0.15, 0.2) is 63.2 Å². The molecule has 180 valence electrons. The Morgan fingerprint density at radius 1 is 1.11 bits per heavy atom. The molecule has 9 heteroatoms. The molecule has 0 N–H and O–H groups in total. The van der Waals surface area contributed by atoms with Gasteiger partial charge in [-0.2, -0.15) is 0 Å². The van der Waals surface area contributed by atoms with Gasteiger partial charge in [0.05, 0.1) is 12.2 Å². The molecule has 0 radical (unpaired) electrons. The van der Waals surface area contributed by atoms with Crippen molar-refractivity contribution in [1.29, 1.82) is 0 Å². The van der Waals surface area contributed by atoms with Crippen LogP contribution in [0.1, 0.15) is 37.6 Å². The van der Waals surface area contributed by atoms with Gasteiger partial charge in [-0.05, 0) is 61.5 Å². The summed E-state index contributed by atoms with van der Waals surface area (Å²) in [5.41, 5.74) is 2.84. The van der Waals surface area contributed by atoms with Gasteiger partial charge in [0.25, 0.3) is 0 Å². The first-order chi connectivity index (χ1) is 17.4. The number of carbonyl (C=O) groups is 2. The highest BCUT2D eigenvalue weighted by Gasteiger charge is 2.31. The molecule has 0 amide bonds. The quantitative estimate of drug-likeness (QED) is 0.152. The number of carbonyl (C=O) groups excluding carboxylic acids is 2. The number of hydrogen-bond acceptors (Lipinski definition) is 7. The smallest absolute Gasteiger partial charge is 0.379 e. The third kappa shape index (κ3) is 3.97. The van der Waals surface area contributed by atoms with Gasteiger partial charge in [0.15, 0.2) is 12.6 Å². The number of fused-ring (bicyclic) bond motifs is 3. The summed E-state index contributed by atoms with van der Waals surface area (Å²) in [5, 5.41) is 1.26. The zero-order chi connectivity index (χ0) is 25.0. The number of allylic oxidation sites excluding steroid dienone is 1. The lowest BCUT2D eigenvalue weighted by Gasteiger charge is -2.20. The molecule has 2 aliphatic heterocycles. The van der Waals surface area contributed by atoms with E-state index >= 15 is 0 Å². The van der Waals surface area contributed by atoms with Crippen LogP contribution in [0.3, 0.4) is 0 Å². The third-order valence-electron chi connectivity index (χ3n) is 5.91. The van der Waals surface area contributed by atoms with Gasteiger partial charge >= 0.3 is 5.97 Å². The van der Waals surface area contributed by atoms with Gasteiger partial charge in [0.1, 0.15) is 22.8 Å². The number of hydrogen-bond donors (Lipinski definition) is 0. The van der Waals surface area contributed by atoms with Gasteiger partial charge in [-0.25, -0.2) is 4.79 Å². The van der Waals surface area contributed by atoms with Gasteiger partial charge < -0.3 is 23.4 Å². The fourth-order valence-corrected chi connectivity index (χ4v) is 4.83. The SMILES string of the molecule is Cc1c(OC(=O)c2cc3cc(Br)ccc3o2)ccc2c1O/C(=C\c1cc(Cl)cc3c1OCOC3)C2=O. The average Bonchev–Trinajstić information content (AvgIpc) is 3.42. The number of benzene rings is 3. The van der Waals surface area contributed by atoms with Crippen molar-refractivity contribution >= 4 is 56.3 Å². The lowest BCUT2D eigenvalue weighted by Crippen LogP contribution is -2.12. The molecule has 0 saturated heterocycles. The summed E-state index contributed by atoms with van der Waals surface area (Å²) >= 11 is 9.65. The van der Waals surface area contributed by atoms with E-state index < -0.39 is 5.97 Å². The van der Waals surface area contributed by atoms with Crippen LogP contribution >= 0.6 is 27.5 Å². The standard InChI is InChI=1S/C27H16BrClO7/c1-13-20(36-27(31)23-9-14-6-17(28)2-4-21(14)34-23)5-3-19-24(30)22(35-25(13)19)10-15-7-18(29)8-16-11-32-12-33-26(15)16/h2-10H,11-12H2,1H3/b22-10-. The van der Waals surface area contributed by atoms with Crippen LogP contribution in [-0.2, 0) is 11.3 Å². The van der Waals surface area contributed by atoms with Crippen LogP contribution in [0.4, 0.5) is 0 Å². The van der Waals surface area contributed by atoms with Gasteiger partial charge in [-0.15, -0.1) is 0 Å². The minimum Gasteiger partial charge on any atom is -0.467 e. The second-order valence-corrected chi connectivity index (χ2v) is 9.63. The summed E-state index contributed by atoms with van der Waals surface area (Å²) in [4.78, 5) is 25.8. The molecule has 0 atom stereocenters. The monoisotopic (exact) mass is 566 g/mol. The first-order valence-corrected chi connectivity index (χ1v) is 12.1. The van der Waals surface area contributed by atoms with Gasteiger partial charge in [-0.3, -0.25) is 4.79 Å². The maximum absolute atomic E-state index is 13.1. The second-order valence-electron chi connectivity index (χ2n) is 8.28. The summed E-state index contributed by atoms with van der Waals surface area (Å²) in [5.74, 6) is 0.397. The van der Waals surface area contributed by atoms with E-state index in [1.54, 1.807) is 49.4 Å². The highest BCUT2D eigenvalue weighted by atomic mass is 79.9. The van der Waals surface area contributed by atoms with Crippen molar-refractivity contribution in [2.24, 2.45) is 0 Å². The van der Waals surface area contributed by atoms with E-state index in [1.165, 1.54) is 0 Å². The molecule has 3 aromatic carbocycles. The van der Waals surface area contributed by atoms with E-state index in [0.29, 0.717) is 45.4 Å². The molecule has 0 saturated carbocycles. The Hall–Kier alpha value is -3.59. The Labute approximate surface area is 218 Å². The summed E-state index contributed by atoms with van der Waals surface area (Å²) < 4.78 is 29.0. The van der Waals surface area contributed by atoms with Crippen molar-refractivity contribution < 1.29 is 33.0 Å². The lowest BCUT2D eigenvalue weighted by atomic mass is 10.0. The first kappa shape index (κ1) is 22.8. The number of esters is 1. The molecule has 0 spiro atoms. The second kappa shape index (κ2) is 8.81. The zero-order valence-electron chi connectivity index (χ0n) is 18.7. The summed E-state index contributed by atoms with van der Waals surface area (Å²) in [6.45, 7) is 2.18. The Morgan fingerprint density at radius 2 is 1.97 bits per heavy atom. The van der Waals surface area contributed by atoms with Crippen LogP contribution in [0.5, 0.6) is 17.2 Å². The number of ketones is 1. The molecule has 1 aromatic heterocycles. The van der Waals surface area contributed by atoms with Crippen molar-refractivity contribution in [3.63, 3.8) is 0 Å². The fraction of sp³-hybridized carbons (Fsp3) is 0.111. The predicted octanol–water partition coefficient (Wildman–Crippen LogP) is 6.86. The van der Waals surface area contributed by atoms with Gasteiger partial charge in [0.2, 0.25) is 11.5 Å². The third-order valence-corrected chi connectivity index (χ3v) is 6.62. The van der Waals surface area contributed by atoms with Gasteiger partial charge in [0, 0.05) is 31.6 Å². The molecule has 2 aliphatic rings. The van der Waals surface area contributed by atoms with Crippen LogP contribution in [0, 0.1) is 6.92 Å². The molecule has 6 rings (SSSR count). The number of rotatable bonds is 3. The normalized spacial score (nSPS) is 15.4. The summed E-state index contributed by atoms with van der Waals surface area (Å²) in [7, 11) is 0. The predicted molar refractivity (Wildman–Crippen MR) is 135 cm³/mol. The largest absolute Gasteiger partial charge is 0.467 e. The topological polar surface area (TPSA) is 84.2 Å². The zero-order valence-corrected chi connectivity index (χ0v) is 21.1. The van der Waals surface area contributed by atoms with Crippen LogP contribution in [-0.4, -0.2) is 18.5 Å². The molecular weight excluding hydrogens is 552 g/mol. The number of furan rings is 1. The maximum Gasteiger partial charge on any atom is 0.379 e. The van der Waals surface area contributed by atoms with Crippen molar-refractivity contribution in [3.05, 3.63) is 91.8 Å². The molecule has 3 heterocycles. The number of ether oxygens (including phenoxy) is 4.